The zero-order chi connectivity index (χ0) is 12.4. The molecule has 1 aromatic heterocycles. The van der Waals surface area contributed by atoms with E-state index in [0.717, 1.165) is 0 Å². The molecule has 0 atom stereocenters. The summed E-state index contributed by atoms with van der Waals surface area (Å²) in [5, 5.41) is 0. The molecule has 5 nitrogen and oxygen atoms in total. The number of esters is 1. The molecule has 0 unspecified atom stereocenters. The quantitative estimate of drug-likeness (QED) is 0.816. The average Bonchev–Trinajstić information content (AvgIpc) is 2.73. The first-order chi connectivity index (χ1) is 8.15. The average molecular weight is 300 g/mol. The standard InChI is InChI=1S/C11H10BrNO4/c1-3-16-10(14)6-4-7(12)9-8(5-6)13-11(15-2)17-9/h4-5H,3H2,1-2H3. The lowest BCUT2D eigenvalue weighted by molar-refractivity contribution is 0.0526. The molecule has 0 aliphatic heterocycles. The zero-order valence-electron chi connectivity index (χ0n) is 9.32. The Morgan fingerprint density at radius 2 is 2.29 bits per heavy atom. The summed E-state index contributed by atoms with van der Waals surface area (Å²) in [7, 11) is 1.46. The van der Waals surface area contributed by atoms with Gasteiger partial charge in [-0.25, -0.2) is 4.79 Å². The Kier molecular flexibility index (Phi) is 3.33. The first-order valence-corrected chi connectivity index (χ1v) is 5.76. The minimum atomic E-state index is -0.392. The molecule has 0 saturated carbocycles. The summed E-state index contributed by atoms with van der Waals surface area (Å²) in [6.07, 6.45) is 0.154. The highest BCUT2D eigenvalue weighted by Gasteiger charge is 2.15. The van der Waals surface area contributed by atoms with Gasteiger partial charge in [-0.05, 0) is 35.0 Å². The molecule has 0 fully saturated rings. The molecule has 1 heterocycles. The van der Waals surface area contributed by atoms with Crippen LogP contribution in [0.4, 0.5) is 0 Å². The Labute approximate surface area is 106 Å². The van der Waals surface area contributed by atoms with E-state index in [0.29, 0.717) is 27.7 Å². The molecular formula is C11H10BrNO4. The highest BCUT2D eigenvalue weighted by molar-refractivity contribution is 9.10. The van der Waals surface area contributed by atoms with Gasteiger partial charge < -0.3 is 13.9 Å². The van der Waals surface area contributed by atoms with E-state index in [9.17, 15) is 4.79 Å². The van der Waals surface area contributed by atoms with Crippen LogP contribution in [0.1, 0.15) is 17.3 Å². The molecule has 2 rings (SSSR count). The van der Waals surface area contributed by atoms with Crippen LogP contribution in [-0.2, 0) is 4.74 Å². The van der Waals surface area contributed by atoms with E-state index >= 15 is 0 Å². The van der Waals surface area contributed by atoms with Crippen molar-refractivity contribution < 1.29 is 18.7 Å². The van der Waals surface area contributed by atoms with Gasteiger partial charge in [-0.1, -0.05) is 0 Å². The fourth-order valence-electron chi connectivity index (χ4n) is 1.39. The van der Waals surface area contributed by atoms with Crippen molar-refractivity contribution in [3.8, 4) is 6.08 Å². The van der Waals surface area contributed by atoms with Gasteiger partial charge in [-0.15, -0.1) is 0 Å². The van der Waals surface area contributed by atoms with Crippen molar-refractivity contribution >= 4 is 33.0 Å². The molecule has 0 N–H and O–H groups in total. The molecule has 17 heavy (non-hydrogen) atoms. The summed E-state index contributed by atoms with van der Waals surface area (Å²) in [5.74, 6) is -0.392. The molecule has 2 aromatic rings. The number of oxazole rings is 1. The van der Waals surface area contributed by atoms with Gasteiger partial charge in [0.15, 0.2) is 5.58 Å². The first kappa shape index (κ1) is 11.9. The van der Waals surface area contributed by atoms with E-state index < -0.39 is 5.97 Å². The van der Waals surface area contributed by atoms with Crippen molar-refractivity contribution in [3.63, 3.8) is 0 Å². The lowest BCUT2D eigenvalue weighted by atomic mass is 10.2. The summed E-state index contributed by atoms with van der Waals surface area (Å²) in [6.45, 7) is 2.08. The number of carbonyl (C=O) groups excluding carboxylic acids is 1. The highest BCUT2D eigenvalue weighted by Crippen LogP contribution is 2.29. The predicted molar refractivity (Wildman–Crippen MR) is 64.2 cm³/mol. The van der Waals surface area contributed by atoms with Crippen molar-refractivity contribution in [2.75, 3.05) is 13.7 Å². The smallest absolute Gasteiger partial charge is 0.394 e. The van der Waals surface area contributed by atoms with Crippen LogP contribution in [0.2, 0.25) is 0 Å². The second-order valence-corrected chi connectivity index (χ2v) is 4.07. The highest BCUT2D eigenvalue weighted by atomic mass is 79.9. The molecule has 0 aliphatic carbocycles. The maximum absolute atomic E-state index is 11.6. The summed E-state index contributed by atoms with van der Waals surface area (Å²) >= 11 is 3.31. The number of hydrogen-bond donors (Lipinski definition) is 0. The zero-order valence-corrected chi connectivity index (χ0v) is 10.9. The molecule has 6 heteroatoms. The van der Waals surface area contributed by atoms with Crippen molar-refractivity contribution in [1.29, 1.82) is 0 Å². The Balaban J connectivity index is 2.50. The molecule has 0 bridgehead atoms. The van der Waals surface area contributed by atoms with E-state index in [1.807, 2.05) is 0 Å². The molecule has 90 valence electrons. The number of carbonyl (C=O) groups is 1. The number of methoxy groups -OCH3 is 1. The van der Waals surface area contributed by atoms with Gasteiger partial charge in [-0.3, -0.25) is 0 Å². The first-order valence-electron chi connectivity index (χ1n) is 4.97. The monoisotopic (exact) mass is 299 g/mol. The number of fused-ring (bicyclic) bond motifs is 1. The molecule has 0 amide bonds. The maximum Gasteiger partial charge on any atom is 0.394 e. The van der Waals surface area contributed by atoms with Crippen LogP contribution in [0.25, 0.3) is 11.1 Å². The van der Waals surface area contributed by atoms with Crippen LogP contribution in [0.3, 0.4) is 0 Å². The van der Waals surface area contributed by atoms with E-state index in [1.54, 1.807) is 19.1 Å². The van der Waals surface area contributed by atoms with Gasteiger partial charge in [0.2, 0.25) is 0 Å². The van der Waals surface area contributed by atoms with E-state index in [1.165, 1.54) is 7.11 Å². The fraction of sp³-hybridized carbons (Fsp3) is 0.273. The number of hydrogen-bond acceptors (Lipinski definition) is 5. The second kappa shape index (κ2) is 4.75. The lowest BCUT2D eigenvalue weighted by Gasteiger charge is -2.01. The minimum Gasteiger partial charge on any atom is -0.462 e. The van der Waals surface area contributed by atoms with E-state index in [4.69, 9.17) is 13.9 Å². The predicted octanol–water partition coefficient (Wildman–Crippen LogP) is 2.78. The van der Waals surface area contributed by atoms with Gasteiger partial charge in [0.05, 0.1) is 23.8 Å². The van der Waals surface area contributed by atoms with Gasteiger partial charge in [-0.2, -0.15) is 4.98 Å². The Morgan fingerprint density at radius 1 is 1.53 bits per heavy atom. The lowest BCUT2D eigenvalue weighted by Crippen LogP contribution is -2.04. The number of rotatable bonds is 3. The van der Waals surface area contributed by atoms with Crippen LogP contribution < -0.4 is 4.74 Å². The van der Waals surface area contributed by atoms with Gasteiger partial charge in [0.1, 0.15) is 5.52 Å². The molecule has 0 aliphatic rings. The summed E-state index contributed by atoms with van der Waals surface area (Å²) in [4.78, 5) is 15.7. The Morgan fingerprint density at radius 3 is 2.94 bits per heavy atom. The number of ether oxygens (including phenoxy) is 2. The van der Waals surface area contributed by atoms with Crippen molar-refractivity contribution in [3.05, 3.63) is 22.2 Å². The molecule has 1 aromatic carbocycles. The maximum atomic E-state index is 11.6. The number of halogens is 1. The fourth-order valence-corrected chi connectivity index (χ4v) is 1.92. The Hall–Kier alpha value is -1.56. The van der Waals surface area contributed by atoms with Crippen molar-refractivity contribution in [2.24, 2.45) is 0 Å². The van der Waals surface area contributed by atoms with Crippen LogP contribution in [0.5, 0.6) is 6.08 Å². The molecule has 0 saturated heterocycles. The van der Waals surface area contributed by atoms with E-state index in [2.05, 4.69) is 20.9 Å². The topological polar surface area (TPSA) is 61.6 Å². The Bertz CT molecular complexity index is 564. The van der Waals surface area contributed by atoms with Gasteiger partial charge in [0.25, 0.3) is 0 Å². The number of aromatic nitrogens is 1. The molecule has 0 radical (unpaired) electrons. The third-order valence-electron chi connectivity index (χ3n) is 2.11. The van der Waals surface area contributed by atoms with Crippen LogP contribution in [-0.4, -0.2) is 24.7 Å². The minimum absolute atomic E-state index is 0.154. The normalized spacial score (nSPS) is 10.5. The van der Waals surface area contributed by atoms with E-state index in [-0.39, 0.29) is 6.08 Å². The largest absolute Gasteiger partial charge is 0.462 e. The van der Waals surface area contributed by atoms with Crippen LogP contribution in [0.15, 0.2) is 21.0 Å². The van der Waals surface area contributed by atoms with Crippen LogP contribution in [0, 0.1) is 0 Å². The summed E-state index contributed by atoms with van der Waals surface area (Å²) in [5.41, 5.74) is 1.50. The van der Waals surface area contributed by atoms with Gasteiger partial charge >= 0.3 is 12.0 Å². The van der Waals surface area contributed by atoms with Gasteiger partial charge in [0, 0.05) is 0 Å². The van der Waals surface area contributed by atoms with Crippen molar-refractivity contribution in [2.45, 2.75) is 6.92 Å². The third-order valence-corrected chi connectivity index (χ3v) is 2.70. The number of benzene rings is 1. The molecular weight excluding hydrogens is 290 g/mol. The number of nitrogens with zero attached hydrogens (tertiary/aromatic N) is 1. The summed E-state index contributed by atoms with van der Waals surface area (Å²) in [6, 6.07) is 3.23. The second-order valence-electron chi connectivity index (χ2n) is 3.21. The molecule has 0 spiro atoms. The van der Waals surface area contributed by atoms with Crippen molar-refractivity contribution in [1.82, 2.24) is 4.98 Å². The third kappa shape index (κ3) is 2.26. The van der Waals surface area contributed by atoms with Crippen LogP contribution >= 0.6 is 15.9 Å². The summed E-state index contributed by atoms with van der Waals surface area (Å²) < 4.78 is 15.7. The SMILES string of the molecule is CCOC(=O)c1cc(Br)c2oc(OC)nc2c1.